The topological polar surface area (TPSA) is 83.1 Å². The lowest BCUT2D eigenvalue weighted by Crippen LogP contribution is -2.52. The Bertz CT molecular complexity index is 668. The van der Waals surface area contributed by atoms with E-state index < -0.39 is 0 Å². The van der Waals surface area contributed by atoms with Crippen LogP contribution in [0, 0.1) is 6.92 Å². The second-order valence-electron chi connectivity index (χ2n) is 5.38. The predicted octanol–water partition coefficient (Wildman–Crippen LogP) is 1.91. The van der Waals surface area contributed by atoms with Gasteiger partial charge in [0.25, 0.3) is 0 Å². The number of rotatable bonds is 1. The number of fused-ring (bicyclic) bond motifs is 1. The maximum Gasteiger partial charge on any atom is 0.322 e. The number of aryl methyl sites for hydroxylation is 1. The molecule has 2 N–H and O–H groups in total. The van der Waals surface area contributed by atoms with Crippen molar-refractivity contribution in [2.75, 3.05) is 18.5 Å². The average Bonchev–Trinajstić information content (AvgIpc) is 2.83. The van der Waals surface area contributed by atoms with Crippen LogP contribution in [0.1, 0.15) is 19.5 Å². The number of hydrogen-bond donors (Lipinski definition) is 2. The number of carbonyl (C=O) groups is 1. The highest BCUT2D eigenvalue weighted by atomic mass is 16.5. The van der Waals surface area contributed by atoms with Crippen LogP contribution >= 0.6 is 0 Å². The maximum atomic E-state index is 12.4. The third-order valence-corrected chi connectivity index (χ3v) is 4.00. The number of anilines is 1. The van der Waals surface area contributed by atoms with Gasteiger partial charge < -0.3 is 15.0 Å². The molecule has 1 saturated heterocycles. The molecule has 1 aliphatic heterocycles. The Labute approximate surface area is 122 Å². The minimum Gasteiger partial charge on any atom is -0.375 e. The van der Waals surface area contributed by atoms with Crippen molar-refractivity contribution < 1.29 is 9.53 Å². The molecule has 0 spiro atoms. The van der Waals surface area contributed by atoms with Crippen molar-refractivity contribution in [3.05, 3.63) is 18.0 Å². The van der Waals surface area contributed by atoms with Gasteiger partial charge in [0.2, 0.25) is 0 Å². The Hall–Kier alpha value is -2.15. The average molecular weight is 289 g/mol. The van der Waals surface area contributed by atoms with Crippen LogP contribution in [0.5, 0.6) is 0 Å². The summed E-state index contributed by atoms with van der Waals surface area (Å²) in [5.41, 5.74) is 2.25. The summed E-state index contributed by atoms with van der Waals surface area (Å²) in [5, 5.41) is 10.8. The highest BCUT2D eigenvalue weighted by Gasteiger charge is 2.29. The van der Waals surface area contributed by atoms with E-state index in [0.29, 0.717) is 24.5 Å². The van der Waals surface area contributed by atoms with Gasteiger partial charge in [-0.15, -0.1) is 0 Å². The van der Waals surface area contributed by atoms with Crippen LogP contribution < -0.4 is 5.32 Å². The third-order valence-electron chi connectivity index (χ3n) is 4.00. The maximum absolute atomic E-state index is 12.4. The number of hydrogen-bond acceptors (Lipinski definition) is 4. The number of urea groups is 1. The summed E-state index contributed by atoms with van der Waals surface area (Å²) in [4.78, 5) is 18.4. The van der Waals surface area contributed by atoms with Crippen molar-refractivity contribution in [1.82, 2.24) is 20.1 Å². The van der Waals surface area contributed by atoms with Crippen molar-refractivity contribution >= 4 is 22.8 Å². The normalized spacial score (nSPS) is 22.5. The molecule has 2 atom stereocenters. The monoisotopic (exact) mass is 289 g/mol. The van der Waals surface area contributed by atoms with Gasteiger partial charge in [0.15, 0.2) is 5.65 Å². The second-order valence-corrected chi connectivity index (χ2v) is 5.38. The lowest BCUT2D eigenvalue weighted by Gasteiger charge is -2.37. The van der Waals surface area contributed by atoms with E-state index in [0.717, 1.165) is 11.1 Å². The molecule has 3 heterocycles. The molecule has 2 aromatic heterocycles. The molecule has 1 aliphatic rings. The number of morpholine rings is 1. The van der Waals surface area contributed by atoms with E-state index in [9.17, 15) is 4.79 Å². The standard InChI is InChI=1S/C14H19N5O2/c1-8-12-6-11(7-15-13(12)18-17-8)16-14(20)19-4-5-21-10(3)9(19)2/h6-7,9-10H,4-5H2,1-3H3,(H,16,20)(H,15,17,18)/t9-,10-/m0/s1. The van der Waals surface area contributed by atoms with E-state index in [1.807, 2.05) is 26.8 Å². The smallest absolute Gasteiger partial charge is 0.322 e. The van der Waals surface area contributed by atoms with Crippen molar-refractivity contribution in [3.8, 4) is 0 Å². The summed E-state index contributed by atoms with van der Waals surface area (Å²) >= 11 is 0. The van der Waals surface area contributed by atoms with Crippen LogP contribution in [0.4, 0.5) is 10.5 Å². The fourth-order valence-electron chi connectivity index (χ4n) is 2.50. The molecule has 0 saturated carbocycles. The van der Waals surface area contributed by atoms with Gasteiger partial charge in [-0.3, -0.25) is 5.10 Å². The van der Waals surface area contributed by atoms with Crippen LogP contribution in [-0.2, 0) is 4.74 Å². The van der Waals surface area contributed by atoms with Crippen molar-refractivity contribution in [2.45, 2.75) is 32.9 Å². The molecule has 7 heteroatoms. The van der Waals surface area contributed by atoms with Crippen LogP contribution in [0.3, 0.4) is 0 Å². The molecule has 1 fully saturated rings. The van der Waals surface area contributed by atoms with E-state index in [-0.39, 0.29) is 18.2 Å². The molecule has 3 rings (SSSR count). The summed E-state index contributed by atoms with van der Waals surface area (Å²) in [7, 11) is 0. The fraction of sp³-hybridized carbons (Fsp3) is 0.500. The third kappa shape index (κ3) is 2.56. The van der Waals surface area contributed by atoms with E-state index in [1.54, 1.807) is 11.1 Å². The van der Waals surface area contributed by atoms with Crippen LogP contribution in [0.25, 0.3) is 11.0 Å². The molecule has 2 aromatic rings. The zero-order chi connectivity index (χ0) is 15.0. The van der Waals surface area contributed by atoms with Gasteiger partial charge in [0.05, 0.1) is 30.6 Å². The van der Waals surface area contributed by atoms with Gasteiger partial charge in [0.1, 0.15) is 0 Å². The van der Waals surface area contributed by atoms with E-state index in [4.69, 9.17) is 4.74 Å². The molecule has 2 amide bonds. The van der Waals surface area contributed by atoms with Gasteiger partial charge in [-0.2, -0.15) is 5.10 Å². The van der Waals surface area contributed by atoms with Gasteiger partial charge in [-0.25, -0.2) is 9.78 Å². The number of nitrogens with zero attached hydrogens (tertiary/aromatic N) is 3. The Morgan fingerprint density at radius 2 is 2.33 bits per heavy atom. The lowest BCUT2D eigenvalue weighted by atomic mass is 10.1. The van der Waals surface area contributed by atoms with E-state index in [1.165, 1.54) is 0 Å². The van der Waals surface area contributed by atoms with Crippen LogP contribution in [0.2, 0.25) is 0 Å². The molecular weight excluding hydrogens is 270 g/mol. The first kappa shape index (κ1) is 13.8. The van der Waals surface area contributed by atoms with Gasteiger partial charge in [0, 0.05) is 17.6 Å². The zero-order valence-electron chi connectivity index (χ0n) is 12.4. The predicted molar refractivity (Wildman–Crippen MR) is 79.2 cm³/mol. The molecule has 7 nitrogen and oxygen atoms in total. The van der Waals surface area contributed by atoms with Gasteiger partial charge >= 0.3 is 6.03 Å². The summed E-state index contributed by atoms with van der Waals surface area (Å²) < 4.78 is 5.54. The largest absolute Gasteiger partial charge is 0.375 e. The second kappa shape index (κ2) is 5.33. The summed E-state index contributed by atoms with van der Waals surface area (Å²) in [6, 6.07) is 1.80. The number of pyridine rings is 1. The molecule has 0 bridgehead atoms. The van der Waals surface area contributed by atoms with Crippen LogP contribution in [-0.4, -0.2) is 51.4 Å². The molecule has 0 aromatic carbocycles. The van der Waals surface area contributed by atoms with Gasteiger partial charge in [-0.1, -0.05) is 0 Å². The quantitative estimate of drug-likeness (QED) is 0.840. The fourth-order valence-corrected chi connectivity index (χ4v) is 2.50. The number of aromatic nitrogens is 3. The van der Waals surface area contributed by atoms with Crippen LogP contribution in [0.15, 0.2) is 12.3 Å². The summed E-state index contributed by atoms with van der Waals surface area (Å²) in [6.45, 7) is 7.06. The molecule has 21 heavy (non-hydrogen) atoms. The first-order valence-corrected chi connectivity index (χ1v) is 7.06. The highest BCUT2D eigenvalue weighted by Crippen LogP contribution is 2.19. The Morgan fingerprint density at radius 1 is 1.52 bits per heavy atom. The first-order chi connectivity index (χ1) is 10.1. The number of carbonyl (C=O) groups excluding carboxylic acids is 1. The SMILES string of the molecule is Cc1[nH]nc2ncc(NC(=O)N3CCO[C@@H](C)[C@@H]3C)cc12. The number of nitrogens with one attached hydrogen (secondary N) is 2. The van der Waals surface area contributed by atoms with E-state index in [2.05, 4.69) is 20.5 Å². The first-order valence-electron chi connectivity index (χ1n) is 7.06. The Kier molecular flexibility index (Phi) is 3.50. The zero-order valence-corrected chi connectivity index (χ0v) is 12.4. The highest BCUT2D eigenvalue weighted by molar-refractivity contribution is 5.92. The molecule has 0 radical (unpaired) electrons. The molecular formula is C14H19N5O2. The van der Waals surface area contributed by atoms with E-state index >= 15 is 0 Å². The van der Waals surface area contributed by atoms with Crippen molar-refractivity contribution in [1.29, 1.82) is 0 Å². The minimum absolute atomic E-state index is 0.0428. The summed E-state index contributed by atoms with van der Waals surface area (Å²) in [6.07, 6.45) is 1.66. The van der Waals surface area contributed by atoms with Gasteiger partial charge in [-0.05, 0) is 26.8 Å². The number of ether oxygens (including phenoxy) is 1. The van der Waals surface area contributed by atoms with Crippen molar-refractivity contribution in [3.63, 3.8) is 0 Å². The molecule has 0 aliphatic carbocycles. The molecule has 0 unspecified atom stereocenters. The van der Waals surface area contributed by atoms with Crippen molar-refractivity contribution in [2.24, 2.45) is 0 Å². The Balaban J connectivity index is 1.77. The number of aromatic amines is 1. The number of H-pyrrole nitrogens is 1. The lowest BCUT2D eigenvalue weighted by molar-refractivity contribution is -0.0355. The summed E-state index contributed by atoms with van der Waals surface area (Å²) in [5.74, 6) is 0. The molecule has 112 valence electrons. The Morgan fingerprint density at radius 3 is 3.14 bits per heavy atom. The number of amides is 2. The minimum atomic E-state index is -0.125.